The van der Waals surface area contributed by atoms with E-state index < -0.39 is 0 Å². The number of amides is 1. The van der Waals surface area contributed by atoms with Crippen LogP contribution in [0.2, 0.25) is 0 Å². The van der Waals surface area contributed by atoms with Gasteiger partial charge in [-0.15, -0.1) is 0 Å². The zero-order chi connectivity index (χ0) is 16.8. The Morgan fingerprint density at radius 3 is 2.62 bits per heavy atom. The molecule has 1 aliphatic heterocycles. The van der Waals surface area contributed by atoms with E-state index in [1.165, 1.54) is 6.33 Å². The molecule has 24 heavy (non-hydrogen) atoms. The monoisotopic (exact) mass is 327 g/mol. The minimum atomic E-state index is -0.124. The van der Waals surface area contributed by atoms with Crippen LogP contribution in [-0.2, 0) is 4.74 Å². The Kier molecular flexibility index (Phi) is 5.45. The molecule has 0 bridgehead atoms. The summed E-state index contributed by atoms with van der Waals surface area (Å²) in [7, 11) is 0. The number of aromatic nitrogens is 3. The summed E-state index contributed by atoms with van der Waals surface area (Å²) in [6.07, 6.45) is 8.15. The van der Waals surface area contributed by atoms with Gasteiger partial charge in [-0.05, 0) is 13.0 Å². The minimum absolute atomic E-state index is 0.124. The van der Waals surface area contributed by atoms with E-state index in [1.54, 1.807) is 30.9 Å². The topological polar surface area (TPSA) is 80.2 Å². The van der Waals surface area contributed by atoms with Crippen molar-refractivity contribution in [1.82, 2.24) is 25.2 Å². The van der Waals surface area contributed by atoms with Crippen LogP contribution in [-0.4, -0.2) is 64.6 Å². The molecule has 1 fully saturated rings. The fourth-order valence-electron chi connectivity index (χ4n) is 2.66. The summed E-state index contributed by atoms with van der Waals surface area (Å²) in [6.45, 7) is 6.02. The number of ether oxygens (including phenoxy) is 1. The molecule has 1 atom stereocenters. The second kappa shape index (κ2) is 7.94. The molecule has 3 rings (SSSR count). The van der Waals surface area contributed by atoms with Gasteiger partial charge in [-0.3, -0.25) is 14.7 Å². The summed E-state index contributed by atoms with van der Waals surface area (Å²) in [5, 5.41) is 2.98. The lowest BCUT2D eigenvalue weighted by atomic mass is 10.1. The summed E-state index contributed by atoms with van der Waals surface area (Å²) < 4.78 is 5.35. The number of morpholine rings is 1. The van der Waals surface area contributed by atoms with E-state index in [0.717, 1.165) is 37.4 Å². The number of rotatable bonds is 5. The molecule has 7 nitrogen and oxygen atoms in total. The van der Waals surface area contributed by atoms with Crippen molar-refractivity contribution in [3.8, 4) is 11.1 Å². The standard InChI is InChI=1S/C17H21N5O2/c1-13(22-2-4-24-5-3-22)7-21-17(23)15-6-14(8-18-9-15)16-10-19-12-20-11-16/h6,8-13H,2-5,7H2,1H3,(H,21,23)/t13-/m1/s1. The van der Waals surface area contributed by atoms with E-state index in [2.05, 4.69) is 32.1 Å². The zero-order valence-corrected chi connectivity index (χ0v) is 13.7. The van der Waals surface area contributed by atoms with Gasteiger partial charge in [0, 0.05) is 61.6 Å². The fourth-order valence-corrected chi connectivity index (χ4v) is 2.66. The number of nitrogens with zero attached hydrogens (tertiary/aromatic N) is 4. The highest BCUT2D eigenvalue weighted by atomic mass is 16.5. The quantitative estimate of drug-likeness (QED) is 0.882. The summed E-state index contributed by atoms with van der Waals surface area (Å²) in [6, 6.07) is 2.08. The normalized spacial score (nSPS) is 16.5. The molecule has 7 heteroatoms. The largest absolute Gasteiger partial charge is 0.379 e. The van der Waals surface area contributed by atoms with Crippen LogP contribution in [0.3, 0.4) is 0 Å². The minimum Gasteiger partial charge on any atom is -0.379 e. The first kappa shape index (κ1) is 16.5. The molecule has 0 saturated carbocycles. The van der Waals surface area contributed by atoms with Gasteiger partial charge < -0.3 is 10.1 Å². The van der Waals surface area contributed by atoms with Crippen LogP contribution >= 0.6 is 0 Å². The van der Waals surface area contributed by atoms with E-state index in [9.17, 15) is 4.79 Å². The van der Waals surface area contributed by atoms with Gasteiger partial charge in [0.15, 0.2) is 0 Å². The molecule has 1 aliphatic rings. The molecule has 3 heterocycles. The van der Waals surface area contributed by atoms with Crippen LogP contribution in [0, 0.1) is 0 Å². The molecule has 126 valence electrons. The zero-order valence-electron chi connectivity index (χ0n) is 13.7. The molecular weight excluding hydrogens is 306 g/mol. The second-order valence-electron chi connectivity index (χ2n) is 5.80. The summed E-state index contributed by atoms with van der Waals surface area (Å²) >= 11 is 0. The average Bonchev–Trinajstić information content (AvgIpc) is 2.67. The van der Waals surface area contributed by atoms with Crippen molar-refractivity contribution >= 4 is 5.91 Å². The average molecular weight is 327 g/mol. The molecule has 0 aliphatic carbocycles. The predicted octanol–water partition coefficient (Wildman–Crippen LogP) is 0.989. The molecule has 2 aromatic rings. The van der Waals surface area contributed by atoms with Crippen LogP contribution in [0.15, 0.2) is 37.2 Å². The smallest absolute Gasteiger partial charge is 0.252 e. The third kappa shape index (κ3) is 4.12. The van der Waals surface area contributed by atoms with Crippen LogP contribution in [0.5, 0.6) is 0 Å². The van der Waals surface area contributed by atoms with E-state index in [-0.39, 0.29) is 11.9 Å². The van der Waals surface area contributed by atoms with Crippen molar-refractivity contribution in [1.29, 1.82) is 0 Å². The van der Waals surface area contributed by atoms with Gasteiger partial charge in [-0.25, -0.2) is 9.97 Å². The van der Waals surface area contributed by atoms with Crippen LogP contribution in [0.4, 0.5) is 0 Å². The van der Waals surface area contributed by atoms with Gasteiger partial charge in [0.1, 0.15) is 6.33 Å². The first-order chi connectivity index (χ1) is 11.7. The number of hydrogen-bond donors (Lipinski definition) is 1. The van der Waals surface area contributed by atoms with E-state index in [0.29, 0.717) is 12.1 Å². The molecule has 1 amide bonds. The highest BCUT2D eigenvalue weighted by Gasteiger charge is 2.18. The Labute approximate surface area is 141 Å². The van der Waals surface area contributed by atoms with Gasteiger partial charge in [-0.1, -0.05) is 0 Å². The fraction of sp³-hybridized carbons (Fsp3) is 0.412. The Hall–Kier alpha value is -2.38. The van der Waals surface area contributed by atoms with Crippen molar-refractivity contribution < 1.29 is 9.53 Å². The molecule has 2 aromatic heterocycles. The number of nitrogens with one attached hydrogen (secondary N) is 1. The van der Waals surface area contributed by atoms with Crippen LogP contribution in [0.25, 0.3) is 11.1 Å². The highest BCUT2D eigenvalue weighted by molar-refractivity contribution is 5.95. The lowest BCUT2D eigenvalue weighted by Gasteiger charge is -2.32. The van der Waals surface area contributed by atoms with Crippen LogP contribution < -0.4 is 5.32 Å². The third-order valence-electron chi connectivity index (χ3n) is 4.12. The summed E-state index contributed by atoms with van der Waals surface area (Å²) in [5.74, 6) is -0.124. The Morgan fingerprint density at radius 1 is 1.17 bits per heavy atom. The Bertz CT molecular complexity index is 674. The van der Waals surface area contributed by atoms with Crippen molar-refractivity contribution in [2.75, 3.05) is 32.8 Å². The van der Waals surface area contributed by atoms with Gasteiger partial charge >= 0.3 is 0 Å². The number of hydrogen-bond acceptors (Lipinski definition) is 6. The Balaban J connectivity index is 1.61. The van der Waals surface area contributed by atoms with Crippen molar-refractivity contribution in [3.63, 3.8) is 0 Å². The summed E-state index contributed by atoms with van der Waals surface area (Å²) in [4.78, 5) is 26.8. The maximum atomic E-state index is 12.4. The number of carbonyl (C=O) groups is 1. The van der Waals surface area contributed by atoms with Crippen molar-refractivity contribution in [3.05, 3.63) is 42.7 Å². The molecule has 0 spiro atoms. The molecule has 1 saturated heterocycles. The first-order valence-electron chi connectivity index (χ1n) is 8.04. The van der Waals surface area contributed by atoms with Gasteiger partial charge in [0.2, 0.25) is 0 Å². The highest BCUT2D eigenvalue weighted by Crippen LogP contribution is 2.17. The predicted molar refractivity (Wildman–Crippen MR) is 89.5 cm³/mol. The van der Waals surface area contributed by atoms with Crippen LogP contribution in [0.1, 0.15) is 17.3 Å². The van der Waals surface area contributed by atoms with Gasteiger partial charge in [0.05, 0.1) is 18.8 Å². The van der Waals surface area contributed by atoms with E-state index >= 15 is 0 Å². The molecule has 0 radical (unpaired) electrons. The van der Waals surface area contributed by atoms with Gasteiger partial charge in [-0.2, -0.15) is 0 Å². The van der Waals surface area contributed by atoms with Gasteiger partial charge in [0.25, 0.3) is 5.91 Å². The molecular formula is C17H21N5O2. The SMILES string of the molecule is C[C@H](CNC(=O)c1cncc(-c2cncnc2)c1)N1CCOCC1. The molecule has 0 unspecified atom stereocenters. The lowest BCUT2D eigenvalue weighted by molar-refractivity contribution is 0.0204. The molecule has 1 N–H and O–H groups in total. The van der Waals surface area contributed by atoms with E-state index in [1.807, 2.05) is 0 Å². The third-order valence-corrected chi connectivity index (χ3v) is 4.12. The maximum absolute atomic E-state index is 12.4. The second-order valence-corrected chi connectivity index (χ2v) is 5.80. The molecule has 0 aromatic carbocycles. The van der Waals surface area contributed by atoms with Crippen molar-refractivity contribution in [2.24, 2.45) is 0 Å². The van der Waals surface area contributed by atoms with Crippen molar-refractivity contribution in [2.45, 2.75) is 13.0 Å². The van der Waals surface area contributed by atoms with E-state index in [4.69, 9.17) is 4.74 Å². The number of pyridine rings is 1. The maximum Gasteiger partial charge on any atom is 0.252 e. The summed E-state index contributed by atoms with van der Waals surface area (Å²) in [5.41, 5.74) is 2.19. The first-order valence-corrected chi connectivity index (χ1v) is 8.04. The number of carbonyl (C=O) groups excluding carboxylic acids is 1. The Morgan fingerprint density at radius 2 is 1.88 bits per heavy atom. The lowest BCUT2D eigenvalue weighted by Crippen LogP contribution is -2.47.